The van der Waals surface area contributed by atoms with Gasteiger partial charge in [0.25, 0.3) is 0 Å². The van der Waals surface area contributed by atoms with Crippen LogP contribution in [0.1, 0.15) is 36.8 Å². The summed E-state index contributed by atoms with van der Waals surface area (Å²) in [4.78, 5) is 24.5. The molecule has 100 valence electrons. The maximum Gasteiger partial charge on any atom is 0.304 e. The first-order valence-corrected chi connectivity index (χ1v) is 6.64. The number of carbonyl (C=O) groups excluding carboxylic acids is 1. The standard InChI is InChI=1S/C15H17NO3/c1-16-12-4-2-3-11(10(12)5-6-13(16)17)15(7-8-15)9-14(18)19/h2-4H,5-9H2,1H3,(H,18,19). The molecule has 2 aliphatic rings. The van der Waals surface area contributed by atoms with Crippen LogP contribution in [0.4, 0.5) is 5.69 Å². The Hall–Kier alpha value is -1.84. The van der Waals surface area contributed by atoms with E-state index in [-0.39, 0.29) is 17.7 Å². The highest BCUT2D eigenvalue weighted by Crippen LogP contribution is 2.53. The highest BCUT2D eigenvalue weighted by molar-refractivity contribution is 5.96. The zero-order chi connectivity index (χ0) is 13.6. The van der Waals surface area contributed by atoms with Gasteiger partial charge in [-0.15, -0.1) is 0 Å². The van der Waals surface area contributed by atoms with Crippen LogP contribution in [0.25, 0.3) is 0 Å². The lowest BCUT2D eigenvalue weighted by molar-refractivity contribution is -0.137. The van der Waals surface area contributed by atoms with E-state index in [1.165, 1.54) is 5.56 Å². The molecule has 1 aromatic rings. The van der Waals surface area contributed by atoms with E-state index < -0.39 is 5.97 Å². The number of fused-ring (bicyclic) bond motifs is 1. The molecular weight excluding hydrogens is 242 g/mol. The predicted molar refractivity (Wildman–Crippen MR) is 71.3 cm³/mol. The SMILES string of the molecule is CN1C(=O)CCc2c1cccc2C1(CC(=O)O)CC1. The van der Waals surface area contributed by atoms with Crippen molar-refractivity contribution in [3.8, 4) is 0 Å². The van der Waals surface area contributed by atoms with Crippen molar-refractivity contribution < 1.29 is 14.7 Å². The Morgan fingerprint density at radius 3 is 2.74 bits per heavy atom. The summed E-state index contributed by atoms with van der Waals surface area (Å²) in [5.74, 6) is -0.608. The highest BCUT2D eigenvalue weighted by Gasteiger charge is 2.47. The van der Waals surface area contributed by atoms with Gasteiger partial charge in [-0.1, -0.05) is 12.1 Å². The molecule has 0 unspecified atom stereocenters. The monoisotopic (exact) mass is 259 g/mol. The number of hydrogen-bond acceptors (Lipinski definition) is 2. The first-order chi connectivity index (χ1) is 9.03. The second kappa shape index (κ2) is 4.08. The number of aliphatic carboxylic acids is 1. The number of anilines is 1. The molecule has 1 aliphatic carbocycles. The second-order valence-electron chi connectivity index (χ2n) is 5.61. The molecule has 1 saturated carbocycles. The molecule has 0 bridgehead atoms. The average Bonchev–Trinajstić information content (AvgIpc) is 3.13. The van der Waals surface area contributed by atoms with Gasteiger partial charge in [0.05, 0.1) is 6.42 Å². The van der Waals surface area contributed by atoms with E-state index in [1.54, 1.807) is 11.9 Å². The van der Waals surface area contributed by atoms with Crippen molar-refractivity contribution in [1.82, 2.24) is 0 Å². The van der Waals surface area contributed by atoms with E-state index in [0.717, 1.165) is 30.5 Å². The molecule has 1 fully saturated rings. The lowest BCUT2D eigenvalue weighted by atomic mass is 9.84. The third kappa shape index (κ3) is 1.91. The van der Waals surface area contributed by atoms with Crippen LogP contribution in [0.3, 0.4) is 0 Å². The van der Waals surface area contributed by atoms with Gasteiger partial charge in [0.1, 0.15) is 0 Å². The van der Waals surface area contributed by atoms with Crippen molar-refractivity contribution in [2.75, 3.05) is 11.9 Å². The summed E-state index contributed by atoms with van der Waals surface area (Å²) >= 11 is 0. The van der Waals surface area contributed by atoms with Crippen LogP contribution in [0.2, 0.25) is 0 Å². The predicted octanol–water partition coefficient (Wildman–Crippen LogP) is 2.10. The normalized spacial score (nSPS) is 20.1. The summed E-state index contributed by atoms with van der Waals surface area (Å²) in [5, 5.41) is 9.08. The van der Waals surface area contributed by atoms with Gasteiger partial charge in [0, 0.05) is 24.6 Å². The maximum atomic E-state index is 11.7. The molecule has 4 heteroatoms. The largest absolute Gasteiger partial charge is 0.481 e. The number of rotatable bonds is 3. The zero-order valence-corrected chi connectivity index (χ0v) is 11.0. The van der Waals surface area contributed by atoms with Crippen LogP contribution in [0, 0.1) is 0 Å². The average molecular weight is 259 g/mol. The van der Waals surface area contributed by atoms with Gasteiger partial charge in [0.15, 0.2) is 0 Å². The van der Waals surface area contributed by atoms with Crippen LogP contribution < -0.4 is 4.90 Å². The quantitative estimate of drug-likeness (QED) is 0.904. The molecule has 0 saturated heterocycles. The van der Waals surface area contributed by atoms with Gasteiger partial charge >= 0.3 is 5.97 Å². The fourth-order valence-electron chi connectivity index (χ4n) is 3.16. The Labute approximate surface area is 112 Å². The number of amides is 1. The Balaban J connectivity index is 2.05. The molecular formula is C15H17NO3. The van der Waals surface area contributed by atoms with Crippen LogP contribution in [-0.4, -0.2) is 24.0 Å². The van der Waals surface area contributed by atoms with Crippen molar-refractivity contribution in [3.63, 3.8) is 0 Å². The fraction of sp³-hybridized carbons (Fsp3) is 0.467. The molecule has 3 rings (SSSR count). The molecule has 19 heavy (non-hydrogen) atoms. The third-order valence-electron chi connectivity index (χ3n) is 4.39. The molecule has 0 spiro atoms. The van der Waals surface area contributed by atoms with Gasteiger partial charge in [-0.2, -0.15) is 0 Å². The van der Waals surface area contributed by atoms with Gasteiger partial charge in [0.2, 0.25) is 5.91 Å². The van der Waals surface area contributed by atoms with E-state index in [0.29, 0.717) is 6.42 Å². The summed E-state index contributed by atoms with van der Waals surface area (Å²) < 4.78 is 0. The van der Waals surface area contributed by atoms with Crippen LogP contribution in [0.15, 0.2) is 18.2 Å². The van der Waals surface area contributed by atoms with Crippen LogP contribution in [0.5, 0.6) is 0 Å². The lowest BCUT2D eigenvalue weighted by Gasteiger charge is -2.29. The molecule has 0 aromatic heterocycles. The van der Waals surface area contributed by atoms with Crippen molar-refractivity contribution in [2.24, 2.45) is 0 Å². The molecule has 0 radical (unpaired) electrons. The number of carboxylic acids is 1. The molecule has 0 atom stereocenters. The van der Waals surface area contributed by atoms with Crippen molar-refractivity contribution in [2.45, 2.75) is 37.5 Å². The number of benzene rings is 1. The van der Waals surface area contributed by atoms with Crippen LogP contribution >= 0.6 is 0 Å². The number of carbonyl (C=O) groups is 2. The minimum Gasteiger partial charge on any atom is -0.481 e. The molecule has 1 heterocycles. The molecule has 1 aliphatic heterocycles. The summed E-state index contributed by atoms with van der Waals surface area (Å²) in [5.41, 5.74) is 3.08. The van der Waals surface area contributed by atoms with Gasteiger partial charge in [-0.25, -0.2) is 0 Å². The van der Waals surface area contributed by atoms with Crippen LogP contribution in [-0.2, 0) is 21.4 Å². The van der Waals surface area contributed by atoms with E-state index in [4.69, 9.17) is 5.11 Å². The Morgan fingerprint density at radius 2 is 2.11 bits per heavy atom. The Morgan fingerprint density at radius 1 is 1.37 bits per heavy atom. The molecule has 1 N–H and O–H groups in total. The van der Waals surface area contributed by atoms with E-state index in [1.807, 2.05) is 18.2 Å². The molecule has 1 amide bonds. The van der Waals surface area contributed by atoms with Crippen molar-refractivity contribution in [1.29, 1.82) is 0 Å². The van der Waals surface area contributed by atoms with E-state index >= 15 is 0 Å². The second-order valence-corrected chi connectivity index (χ2v) is 5.61. The maximum absolute atomic E-state index is 11.7. The zero-order valence-electron chi connectivity index (χ0n) is 11.0. The van der Waals surface area contributed by atoms with E-state index in [2.05, 4.69) is 0 Å². The molecule has 4 nitrogen and oxygen atoms in total. The number of carboxylic acid groups (broad SMARTS) is 1. The van der Waals surface area contributed by atoms with Gasteiger partial charge in [-0.05, 0) is 36.5 Å². The summed E-state index contributed by atoms with van der Waals surface area (Å²) in [6.45, 7) is 0. The smallest absolute Gasteiger partial charge is 0.304 e. The first kappa shape index (κ1) is 12.2. The minimum absolute atomic E-state index is 0.132. The third-order valence-corrected chi connectivity index (χ3v) is 4.39. The Bertz CT molecular complexity index is 561. The van der Waals surface area contributed by atoms with Crippen molar-refractivity contribution in [3.05, 3.63) is 29.3 Å². The Kier molecular flexibility index (Phi) is 2.62. The lowest BCUT2D eigenvalue weighted by Crippen LogP contribution is -2.32. The summed E-state index contributed by atoms with van der Waals surface area (Å²) in [6.07, 6.45) is 3.32. The topological polar surface area (TPSA) is 57.6 Å². The van der Waals surface area contributed by atoms with Gasteiger partial charge in [-0.3, -0.25) is 9.59 Å². The molecule has 1 aromatic carbocycles. The summed E-state index contributed by atoms with van der Waals surface area (Å²) in [6, 6.07) is 5.93. The highest BCUT2D eigenvalue weighted by atomic mass is 16.4. The fourth-order valence-corrected chi connectivity index (χ4v) is 3.16. The number of hydrogen-bond donors (Lipinski definition) is 1. The minimum atomic E-state index is -0.740. The summed E-state index contributed by atoms with van der Waals surface area (Å²) in [7, 11) is 1.79. The van der Waals surface area contributed by atoms with Gasteiger partial charge < -0.3 is 10.0 Å². The van der Waals surface area contributed by atoms with E-state index in [9.17, 15) is 9.59 Å². The van der Waals surface area contributed by atoms with Crippen molar-refractivity contribution >= 4 is 17.6 Å². The first-order valence-electron chi connectivity index (χ1n) is 6.64. The number of nitrogens with zero attached hydrogens (tertiary/aromatic N) is 1.